The molecule has 1 aliphatic rings. The van der Waals surface area contributed by atoms with Crippen LogP contribution in [0, 0.1) is 11.7 Å². The van der Waals surface area contributed by atoms with E-state index < -0.39 is 0 Å². The maximum Gasteiger partial charge on any atom is 0.247 e. The molecule has 3 aromatic rings. The lowest BCUT2D eigenvalue weighted by Crippen LogP contribution is -2.32. The number of carbonyl (C=O) groups excluding carboxylic acids is 1. The minimum atomic E-state index is 0.0244. The van der Waals surface area contributed by atoms with Crippen LogP contribution in [-0.2, 0) is 17.8 Å². The third kappa shape index (κ3) is 2.89. The fourth-order valence-electron chi connectivity index (χ4n) is 3.29. The zero-order valence-corrected chi connectivity index (χ0v) is 14.7. The largest absolute Gasteiger partial charge is 0.310 e. The number of hydrogen-bond donors (Lipinski definition) is 1. The zero-order valence-electron chi connectivity index (χ0n) is 13.9. The van der Waals surface area contributed by atoms with Crippen LogP contribution in [0.4, 0.5) is 5.69 Å². The highest BCUT2D eigenvalue weighted by atomic mass is 32.1. The lowest BCUT2D eigenvalue weighted by molar-refractivity contribution is -0.119. The van der Waals surface area contributed by atoms with Crippen LogP contribution in [0.5, 0.6) is 0 Å². The van der Waals surface area contributed by atoms with Crippen molar-refractivity contribution in [1.82, 2.24) is 14.8 Å². The van der Waals surface area contributed by atoms with Gasteiger partial charge >= 0.3 is 0 Å². The van der Waals surface area contributed by atoms with Gasteiger partial charge in [-0.1, -0.05) is 42.0 Å². The monoisotopic (exact) mass is 350 g/mol. The van der Waals surface area contributed by atoms with Crippen molar-refractivity contribution < 1.29 is 4.79 Å². The second-order valence-electron chi connectivity index (χ2n) is 6.23. The number of H-pyrrole nitrogens is 1. The van der Waals surface area contributed by atoms with Crippen LogP contribution in [0.1, 0.15) is 11.1 Å². The van der Waals surface area contributed by atoms with Crippen LogP contribution in [-0.4, -0.2) is 27.2 Å². The molecule has 0 fully saturated rings. The van der Waals surface area contributed by atoms with Crippen molar-refractivity contribution in [2.45, 2.75) is 19.9 Å². The van der Waals surface area contributed by atoms with Gasteiger partial charge in [0.15, 0.2) is 10.6 Å². The number of aryl methyl sites for hydroxylation is 1. The summed E-state index contributed by atoms with van der Waals surface area (Å²) in [6.45, 7) is 2.91. The Morgan fingerprint density at radius 3 is 2.92 bits per heavy atom. The number of hydrogen-bond acceptors (Lipinski definition) is 3. The van der Waals surface area contributed by atoms with Crippen LogP contribution >= 0.6 is 12.2 Å². The summed E-state index contributed by atoms with van der Waals surface area (Å²) >= 11 is 5.35. The summed E-state index contributed by atoms with van der Waals surface area (Å²) in [6, 6.07) is 16.1. The van der Waals surface area contributed by atoms with Crippen molar-refractivity contribution in [2.75, 3.05) is 11.4 Å². The van der Waals surface area contributed by atoms with E-state index in [9.17, 15) is 4.79 Å². The number of carbonyl (C=O) groups is 1. The van der Waals surface area contributed by atoms with Gasteiger partial charge in [-0.2, -0.15) is 5.10 Å². The Labute approximate surface area is 150 Å². The highest BCUT2D eigenvalue weighted by Gasteiger charge is 2.25. The number of benzene rings is 2. The predicted molar refractivity (Wildman–Crippen MR) is 100 cm³/mol. The number of para-hydroxylation sites is 1. The highest BCUT2D eigenvalue weighted by molar-refractivity contribution is 7.71. The van der Waals surface area contributed by atoms with E-state index in [2.05, 4.69) is 16.3 Å². The van der Waals surface area contributed by atoms with Crippen LogP contribution < -0.4 is 4.90 Å². The fourth-order valence-corrected chi connectivity index (χ4v) is 3.48. The Morgan fingerprint density at radius 2 is 2.08 bits per heavy atom. The smallest absolute Gasteiger partial charge is 0.247 e. The maximum atomic E-state index is 12.9. The molecule has 6 heteroatoms. The topological polar surface area (TPSA) is 53.9 Å². The van der Waals surface area contributed by atoms with E-state index in [4.69, 9.17) is 12.2 Å². The molecule has 5 nitrogen and oxygen atoms in total. The molecule has 0 bridgehead atoms. The number of rotatable bonds is 3. The first-order valence-corrected chi connectivity index (χ1v) is 8.65. The van der Waals surface area contributed by atoms with Gasteiger partial charge in [0.1, 0.15) is 6.54 Å². The summed E-state index contributed by atoms with van der Waals surface area (Å²) in [7, 11) is 0. The number of nitrogens with one attached hydrogen (secondary N) is 1. The normalized spacial score (nSPS) is 13.1. The summed E-state index contributed by atoms with van der Waals surface area (Å²) in [5, 5.41) is 7.14. The average Bonchev–Trinajstić information content (AvgIpc) is 3.19. The van der Waals surface area contributed by atoms with Crippen molar-refractivity contribution in [3.05, 3.63) is 64.4 Å². The van der Waals surface area contributed by atoms with E-state index in [-0.39, 0.29) is 12.5 Å². The number of aromatic nitrogens is 3. The molecule has 1 N–H and O–H groups in total. The molecule has 2 aromatic carbocycles. The number of amides is 1. The minimum absolute atomic E-state index is 0.0244. The molecule has 1 aliphatic heterocycles. The SMILES string of the molecule is Cc1cccc(-c2n[nH]c(=S)n2CC(=O)N2CCc3ccccc32)c1. The van der Waals surface area contributed by atoms with Gasteiger partial charge in [0, 0.05) is 17.8 Å². The molecule has 0 spiro atoms. The molecule has 1 aromatic heterocycles. The Morgan fingerprint density at radius 1 is 1.24 bits per heavy atom. The van der Waals surface area contributed by atoms with Crippen molar-refractivity contribution in [3.8, 4) is 11.4 Å². The average molecular weight is 350 g/mol. The van der Waals surface area contributed by atoms with Crippen LogP contribution in [0.15, 0.2) is 48.5 Å². The lowest BCUT2D eigenvalue weighted by Gasteiger charge is -2.18. The molecule has 4 rings (SSSR count). The van der Waals surface area contributed by atoms with Crippen LogP contribution in [0.25, 0.3) is 11.4 Å². The first-order chi connectivity index (χ1) is 12.1. The van der Waals surface area contributed by atoms with E-state index in [0.717, 1.165) is 23.2 Å². The van der Waals surface area contributed by atoms with E-state index in [0.29, 0.717) is 17.1 Å². The van der Waals surface area contributed by atoms with Gasteiger partial charge in [-0.15, -0.1) is 0 Å². The van der Waals surface area contributed by atoms with Crippen LogP contribution in [0.2, 0.25) is 0 Å². The standard InChI is InChI=1S/C19H18N4OS/c1-13-5-4-7-15(11-13)18-20-21-19(25)23(18)12-17(24)22-10-9-14-6-2-3-8-16(14)22/h2-8,11H,9-10,12H2,1H3,(H,21,25). The Bertz CT molecular complexity index is 1000. The summed E-state index contributed by atoms with van der Waals surface area (Å²) < 4.78 is 2.23. The van der Waals surface area contributed by atoms with E-state index >= 15 is 0 Å². The molecule has 2 heterocycles. The van der Waals surface area contributed by atoms with Gasteiger partial charge in [0.25, 0.3) is 0 Å². The van der Waals surface area contributed by atoms with Crippen molar-refractivity contribution in [3.63, 3.8) is 0 Å². The Hall–Kier alpha value is -2.73. The van der Waals surface area contributed by atoms with Gasteiger partial charge < -0.3 is 4.90 Å². The Kier molecular flexibility index (Phi) is 3.97. The predicted octanol–water partition coefficient (Wildman–Crippen LogP) is 3.51. The van der Waals surface area contributed by atoms with E-state index in [1.807, 2.05) is 54.3 Å². The summed E-state index contributed by atoms with van der Waals surface area (Å²) in [4.78, 5) is 14.7. The second kappa shape index (κ2) is 6.29. The number of aromatic amines is 1. The quantitative estimate of drug-likeness (QED) is 0.736. The second-order valence-corrected chi connectivity index (χ2v) is 6.62. The van der Waals surface area contributed by atoms with Crippen LogP contribution in [0.3, 0.4) is 0 Å². The van der Waals surface area contributed by atoms with Gasteiger partial charge in [0.05, 0.1) is 0 Å². The summed E-state index contributed by atoms with van der Waals surface area (Å²) in [5.74, 6) is 0.714. The molecule has 0 aliphatic carbocycles. The van der Waals surface area contributed by atoms with E-state index in [1.54, 1.807) is 4.57 Å². The number of fused-ring (bicyclic) bond motifs is 1. The molecular formula is C19H18N4OS. The van der Waals surface area contributed by atoms with Crippen molar-refractivity contribution in [2.24, 2.45) is 0 Å². The Balaban J connectivity index is 1.65. The number of anilines is 1. The highest BCUT2D eigenvalue weighted by Crippen LogP contribution is 2.28. The first-order valence-electron chi connectivity index (χ1n) is 8.24. The lowest BCUT2D eigenvalue weighted by atomic mass is 10.1. The summed E-state index contributed by atoms with van der Waals surface area (Å²) in [5.41, 5.74) is 4.30. The first kappa shape index (κ1) is 15.8. The molecule has 0 saturated heterocycles. The molecule has 1 amide bonds. The zero-order chi connectivity index (χ0) is 17.4. The summed E-state index contributed by atoms with van der Waals surface area (Å²) in [6.07, 6.45) is 0.892. The van der Waals surface area contributed by atoms with Crippen molar-refractivity contribution >= 4 is 23.8 Å². The molecule has 0 atom stereocenters. The molecular weight excluding hydrogens is 332 g/mol. The van der Waals surface area contributed by atoms with E-state index in [1.165, 1.54) is 5.56 Å². The van der Waals surface area contributed by atoms with Gasteiger partial charge in [-0.05, 0) is 43.3 Å². The molecule has 0 unspecified atom stereocenters. The molecule has 25 heavy (non-hydrogen) atoms. The van der Waals surface area contributed by atoms with Gasteiger partial charge in [-0.25, -0.2) is 0 Å². The van der Waals surface area contributed by atoms with Gasteiger partial charge in [-0.3, -0.25) is 14.5 Å². The third-order valence-corrected chi connectivity index (χ3v) is 4.83. The molecule has 0 radical (unpaired) electrons. The fraction of sp³-hybridized carbons (Fsp3) is 0.211. The maximum absolute atomic E-state index is 12.9. The third-order valence-electron chi connectivity index (χ3n) is 4.52. The minimum Gasteiger partial charge on any atom is -0.310 e. The number of nitrogens with zero attached hydrogens (tertiary/aromatic N) is 3. The van der Waals surface area contributed by atoms with Gasteiger partial charge in [0.2, 0.25) is 5.91 Å². The molecule has 126 valence electrons. The molecule has 0 saturated carbocycles. The van der Waals surface area contributed by atoms with Crippen molar-refractivity contribution in [1.29, 1.82) is 0 Å².